The van der Waals surface area contributed by atoms with Crippen LogP contribution in [0.2, 0.25) is 0 Å². The van der Waals surface area contributed by atoms with Crippen LogP contribution < -0.4 is 10.6 Å². The second kappa shape index (κ2) is 13.6. The Morgan fingerprint density at radius 3 is 1.90 bits per heavy atom. The van der Waals surface area contributed by atoms with Gasteiger partial charge in [-0.2, -0.15) is 19.2 Å². The van der Waals surface area contributed by atoms with E-state index >= 15 is 4.39 Å². The lowest BCUT2D eigenvalue weighted by molar-refractivity contribution is 0.630. The number of rotatable bonds is 8. The molecule has 11 heteroatoms. The lowest BCUT2D eigenvalue weighted by Crippen LogP contribution is -2.07. The quantitative estimate of drug-likeness (QED) is 0.174. The van der Waals surface area contributed by atoms with Gasteiger partial charge in [0, 0.05) is 66.7 Å². The van der Waals surface area contributed by atoms with E-state index in [4.69, 9.17) is 11.4 Å². The smallest absolute Gasteiger partial charge is 0.173 e. The summed E-state index contributed by atoms with van der Waals surface area (Å²) in [4.78, 5) is 18.0. The second-order valence-electron chi connectivity index (χ2n) is 11.5. The van der Waals surface area contributed by atoms with Crippen molar-refractivity contribution in [3.63, 3.8) is 0 Å². The Morgan fingerprint density at radius 1 is 0.647 bits per heavy atom. The summed E-state index contributed by atoms with van der Waals surface area (Å²) in [5.41, 5.74) is 7.00. The van der Waals surface area contributed by atoms with Crippen LogP contribution in [-0.4, -0.2) is 39.2 Å². The highest BCUT2D eigenvalue weighted by molar-refractivity contribution is 5.72. The van der Waals surface area contributed by atoms with Gasteiger partial charge in [0.15, 0.2) is 11.3 Å². The highest BCUT2D eigenvalue weighted by atomic mass is 19.1. The van der Waals surface area contributed by atoms with E-state index in [1.54, 1.807) is 58.2 Å². The molecule has 2 N–H and O–H groups in total. The minimum atomic E-state index is -0.482. The number of hydrogen-bond donors (Lipinski definition) is 2. The van der Waals surface area contributed by atoms with Crippen molar-refractivity contribution >= 4 is 22.9 Å². The highest BCUT2D eigenvalue weighted by Gasteiger charge is 2.16. The van der Waals surface area contributed by atoms with Crippen LogP contribution >= 0.6 is 0 Å². The van der Waals surface area contributed by atoms with E-state index in [9.17, 15) is 0 Å². The zero-order chi connectivity index (χ0) is 34.6. The van der Waals surface area contributed by atoms with Gasteiger partial charge in [0.1, 0.15) is 17.5 Å². The summed E-state index contributed by atoms with van der Waals surface area (Å²) in [5.74, 6) is 9.74. The average Bonchev–Trinajstić information content (AvgIpc) is 3.80. The molecule has 0 atom stereocenters. The zero-order valence-electron chi connectivity index (χ0n) is 27.0. The Kier molecular flexibility index (Phi) is 8.27. The molecule has 0 bridgehead atoms. The van der Waals surface area contributed by atoms with Gasteiger partial charge in [-0.25, -0.2) is 14.4 Å². The standard InChI is InChI=1S/C40H27FN10/c1-2-30-25-46-50-38(45-24-29-9-7-17-43-22-29)20-36(49-39(30)50)33-15-13-27(18-34(33)41)12-14-32-26-47-51-37(44-23-28-8-6-16-42-21-28)19-35(48-40(32)51)31-10-4-3-5-11-31/h1,3-11,13,15-22,25-26,44-45H,23-24H2. The Bertz CT molecular complexity index is 2620. The van der Waals surface area contributed by atoms with E-state index in [-0.39, 0.29) is 0 Å². The maximum absolute atomic E-state index is 15.8. The molecule has 0 radical (unpaired) electrons. The predicted octanol–water partition coefficient (Wildman–Crippen LogP) is 6.64. The number of terminal acetylenes is 1. The van der Waals surface area contributed by atoms with Crippen LogP contribution in [0.15, 0.2) is 122 Å². The van der Waals surface area contributed by atoms with Gasteiger partial charge in [0.2, 0.25) is 0 Å². The van der Waals surface area contributed by atoms with E-state index < -0.39 is 5.82 Å². The lowest BCUT2D eigenvalue weighted by Gasteiger charge is -2.11. The minimum absolute atomic E-state index is 0.297. The Balaban J connectivity index is 1.12. The molecule has 0 spiro atoms. The molecule has 0 saturated carbocycles. The molecule has 10 nitrogen and oxygen atoms in total. The lowest BCUT2D eigenvalue weighted by atomic mass is 10.1. The van der Waals surface area contributed by atoms with Crippen LogP contribution in [-0.2, 0) is 13.1 Å². The molecule has 0 unspecified atom stereocenters. The fourth-order valence-electron chi connectivity index (χ4n) is 5.59. The van der Waals surface area contributed by atoms with Gasteiger partial charge in [-0.05, 0) is 41.5 Å². The van der Waals surface area contributed by atoms with Crippen LogP contribution in [0, 0.1) is 30.0 Å². The monoisotopic (exact) mass is 666 g/mol. The van der Waals surface area contributed by atoms with Crippen LogP contribution in [0.3, 0.4) is 0 Å². The molecule has 8 aromatic rings. The van der Waals surface area contributed by atoms with Crippen molar-refractivity contribution < 1.29 is 4.39 Å². The Hall–Kier alpha value is -7.37. The van der Waals surface area contributed by atoms with E-state index in [1.165, 1.54) is 6.07 Å². The molecular formula is C40H27FN10. The molecule has 244 valence electrons. The van der Waals surface area contributed by atoms with Crippen molar-refractivity contribution in [2.24, 2.45) is 0 Å². The van der Waals surface area contributed by atoms with Crippen LogP contribution in [0.4, 0.5) is 16.0 Å². The van der Waals surface area contributed by atoms with Crippen LogP contribution in [0.25, 0.3) is 33.8 Å². The first-order valence-corrected chi connectivity index (χ1v) is 16.0. The molecule has 0 aliphatic rings. The van der Waals surface area contributed by atoms with Gasteiger partial charge in [0.05, 0.1) is 34.9 Å². The number of anilines is 2. The van der Waals surface area contributed by atoms with Crippen LogP contribution in [0.5, 0.6) is 0 Å². The summed E-state index contributed by atoms with van der Waals surface area (Å²) in [5, 5.41) is 15.8. The van der Waals surface area contributed by atoms with Crippen molar-refractivity contribution in [3.05, 3.63) is 156 Å². The third-order valence-corrected chi connectivity index (χ3v) is 8.15. The number of nitrogens with zero attached hydrogens (tertiary/aromatic N) is 8. The predicted molar refractivity (Wildman–Crippen MR) is 194 cm³/mol. The van der Waals surface area contributed by atoms with Crippen LogP contribution in [0.1, 0.15) is 27.8 Å². The van der Waals surface area contributed by atoms with E-state index in [0.717, 1.165) is 28.2 Å². The Labute approximate surface area is 292 Å². The molecule has 0 fully saturated rings. The van der Waals surface area contributed by atoms with Gasteiger partial charge in [-0.15, -0.1) is 6.42 Å². The molecule has 0 aliphatic carbocycles. The topological polar surface area (TPSA) is 110 Å². The minimum Gasteiger partial charge on any atom is -0.366 e. The first-order valence-electron chi connectivity index (χ1n) is 16.0. The number of aromatic nitrogens is 8. The molecular weight excluding hydrogens is 640 g/mol. The first kappa shape index (κ1) is 30.9. The largest absolute Gasteiger partial charge is 0.366 e. The van der Waals surface area contributed by atoms with E-state index in [2.05, 4.69) is 53.5 Å². The third-order valence-electron chi connectivity index (χ3n) is 8.15. The molecule has 6 aromatic heterocycles. The first-order chi connectivity index (χ1) is 25.1. The molecule has 2 aromatic carbocycles. The van der Waals surface area contributed by atoms with E-state index in [0.29, 0.717) is 58.1 Å². The maximum Gasteiger partial charge on any atom is 0.173 e. The second-order valence-corrected chi connectivity index (χ2v) is 11.5. The summed E-state index contributed by atoms with van der Waals surface area (Å²) in [6.07, 6.45) is 16.0. The molecule has 0 amide bonds. The van der Waals surface area contributed by atoms with Gasteiger partial charge in [-0.3, -0.25) is 9.97 Å². The van der Waals surface area contributed by atoms with Gasteiger partial charge in [0.25, 0.3) is 0 Å². The number of nitrogens with one attached hydrogen (secondary N) is 2. The molecule has 0 aliphatic heterocycles. The van der Waals surface area contributed by atoms with Gasteiger partial charge < -0.3 is 10.6 Å². The van der Waals surface area contributed by atoms with Gasteiger partial charge >= 0.3 is 0 Å². The zero-order valence-corrected chi connectivity index (χ0v) is 27.0. The average molecular weight is 667 g/mol. The molecule has 8 rings (SSSR count). The normalized spacial score (nSPS) is 10.8. The number of hydrogen-bond acceptors (Lipinski definition) is 8. The number of halogens is 1. The fourth-order valence-corrected chi connectivity index (χ4v) is 5.59. The summed E-state index contributed by atoms with van der Waals surface area (Å²) in [6.45, 7) is 1.02. The highest BCUT2D eigenvalue weighted by Crippen LogP contribution is 2.28. The van der Waals surface area contributed by atoms with E-state index in [1.807, 2.05) is 66.9 Å². The van der Waals surface area contributed by atoms with Crippen molar-refractivity contribution in [2.45, 2.75) is 13.1 Å². The molecule has 0 saturated heterocycles. The molecule has 6 heterocycles. The van der Waals surface area contributed by atoms with Crippen molar-refractivity contribution in [2.75, 3.05) is 10.6 Å². The summed E-state index contributed by atoms with van der Waals surface area (Å²) < 4.78 is 19.2. The van der Waals surface area contributed by atoms with Crippen molar-refractivity contribution in [1.82, 2.24) is 39.2 Å². The molecule has 51 heavy (non-hydrogen) atoms. The van der Waals surface area contributed by atoms with Crippen molar-refractivity contribution in [1.29, 1.82) is 0 Å². The maximum atomic E-state index is 15.8. The summed E-state index contributed by atoms with van der Waals surface area (Å²) in [6, 6.07) is 26.1. The SMILES string of the molecule is C#Cc1cnn2c(NCc3cccnc3)cc(-c3ccc(C#Cc4cnn5c(NCc6cccnc6)cc(-c6ccccc6)nc45)cc3F)nc12. The van der Waals surface area contributed by atoms with Crippen molar-refractivity contribution in [3.8, 4) is 46.7 Å². The number of benzene rings is 2. The fraction of sp³-hybridized carbons (Fsp3) is 0.0500. The third kappa shape index (κ3) is 6.43. The number of fused-ring (bicyclic) bond motifs is 2. The number of pyridine rings is 2. The van der Waals surface area contributed by atoms with Gasteiger partial charge in [-0.1, -0.05) is 60.2 Å². The summed E-state index contributed by atoms with van der Waals surface area (Å²) in [7, 11) is 0. The Morgan fingerprint density at radius 2 is 1.27 bits per heavy atom. The summed E-state index contributed by atoms with van der Waals surface area (Å²) >= 11 is 0.